The Kier molecular flexibility index (Phi) is 58.7. The first-order valence-electron chi connectivity index (χ1n) is 34.3. The van der Waals surface area contributed by atoms with E-state index in [1.807, 2.05) is 33.3 Å². The molecule has 0 aromatic heterocycles. The molecule has 0 bridgehead atoms. The molecule has 10 heteroatoms. The second-order valence-corrected chi connectivity index (χ2v) is 25.8. The molecule has 0 aliphatic heterocycles. The molecule has 0 aliphatic carbocycles. The third-order valence-corrected chi connectivity index (χ3v) is 16.1. The van der Waals surface area contributed by atoms with Gasteiger partial charge in [0, 0.05) is 12.8 Å². The molecule has 0 rings (SSSR count). The zero-order valence-electron chi connectivity index (χ0n) is 54.0. The van der Waals surface area contributed by atoms with Gasteiger partial charge in [-0.05, 0) is 76.7 Å². The Bertz CT molecular complexity index is 1620. The van der Waals surface area contributed by atoms with Crippen LogP contribution in [-0.4, -0.2) is 74.3 Å². The first kappa shape index (κ1) is 78.5. The number of nitrogens with one attached hydrogen (secondary N) is 1. The van der Waals surface area contributed by atoms with E-state index in [0.29, 0.717) is 17.4 Å². The van der Waals surface area contributed by atoms with Gasteiger partial charge in [-0.1, -0.05) is 299 Å². The minimum absolute atomic E-state index is 0.0390. The molecule has 3 unspecified atom stereocenters. The Morgan fingerprint density at radius 3 is 1.19 bits per heavy atom. The van der Waals surface area contributed by atoms with Crippen molar-refractivity contribution in [3.8, 4) is 0 Å². The second-order valence-electron chi connectivity index (χ2n) is 24.3. The SMILES string of the molecule is CC/C=C\C/C=C\C/C=C\C/C=C\C/C=C\CCCCCCCCCCCC(=O)OC(/C=C/CCCCCCCCCCCCC)C(COP(=O)(O)OCC[N+](C)(C)C)NC(=O)CCCCCCCCCCCCCCCCCCC. The zero-order valence-corrected chi connectivity index (χ0v) is 54.9. The predicted octanol–water partition coefficient (Wildman–Crippen LogP) is 21.6. The Morgan fingerprint density at radius 1 is 0.444 bits per heavy atom. The molecule has 1 amide bonds. The van der Waals surface area contributed by atoms with Gasteiger partial charge in [0.25, 0.3) is 0 Å². The number of carbonyl (C=O) groups excluding carboxylic acids is 2. The molecule has 0 spiro atoms. The van der Waals surface area contributed by atoms with Crippen LogP contribution in [0.2, 0.25) is 0 Å². The number of allylic oxidation sites excluding steroid dienone is 11. The normalized spacial score (nSPS) is 14.0. The molecular weight excluding hydrogens is 1020 g/mol. The average molecular weight is 1160 g/mol. The number of likely N-dealkylation sites (N-methyl/N-ethyl adjacent to an activating group) is 1. The molecule has 0 heterocycles. The molecule has 0 aliphatic rings. The monoisotopic (exact) mass is 1160 g/mol. The standard InChI is InChI=1S/C71H131N2O7P/c1-7-10-13-16-19-22-25-28-30-32-33-34-35-36-37-38-39-41-43-46-49-52-55-58-61-64-71(75)80-69(62-59-56-53-50-47-44-27-24-21-18-15-12-9-3)68(67-79-81(76,77)78-66-65-73(4,5)6)72-70(74)63-60-57-54-51-48-45-42-40-31-29-26-23-20-17-14-11-8-2/h10,13,19,22,28,30,33-34,36-37,59,62,68-69H,7-9,11-12,14-18,20-21,23-27,29,31-32,35,38-58,60-61,63-67H2,1-6H3,(H-,72,74,76,77)/p+1/b13-10-,22-19-,30-28-,34-33-,37-36-,62-59+. The molecule has 9 nitrogen and oxygen atoms in total. The van der Waals surface area contributed by atoms with Gasteiger partial charge in [-0.3, -0.25) is 18.6 Å². The molecule has 2 N–H and O–H groups in total. The Hall–Kier alpha value is -2.55. The quantitative estimate of drug-likeness (QED) is 0.0205. The Balaban J connectivity index is 5.14. The van der Waals surface area contributed by atoms with Gasteiger partial charge in [0.2, 0.25) is 5.91 Å². The van der Waals surface area contributed by atoms with E-state index in [0.717, 1.165) is 103 Å². The number of hydrogen-bond donors (Lipinski definition) is 2. The van der Waals surface area contributed by atoms with Gasteiger partial charge in [-0.25, -0.2) is 4.57 Å². The molecule has 0 saturated carbocycles. The molecule has 0 aromatic rings. The van der Waals surface area contributed by atoms with Crippen LogP contribution in [0.3, 0.4) is 0 Å². The summed E-state index contributed by atoms with van der Waals surface area (Å²) in [5, 5.41) is 3.07. The number of rotatable bonds is 62. The number of phosphoric acid groups is 1. The maximum Gasteiger partial charge on any atom is 0.472 e. The van der Waals surface area contributed by atoms with Crippen molar-refractivity contribution in [1.82, 2.24) is 5.32 Å². The van der Waals surface area contributed by atoms with E-state index in [9.17, 15) is 19.0 Å². The smallest absolute Gasteiger partial charge is 0.456 e. The van der Waals surface area contributed by atoms with Crippen LogP contribution < -0.4 is 5.32 Å². The van der Waals surface area contributed by atoms with Crippen molar-refractivity contribution in [2.24, 2.45) is 0 Å². The second kappa shape index (κ2) is 60.6. The van der Waals surface area contributed by atoms with Crippen LogP contribution in [-0.2, 0) is 27.9 Å². The molecule has 81 heavy (non-hydrogen) atoms. The van der Waals surface area contributed by atoms with Gasteiger partial charge in [0.1, 0.15) is 19.3 Å². The van der Waals surface area contributed by atoms with Crippen LogP contribution in [0.25, 0.3) is 0 Å². The van der Waals surface area contributed by atoms with Crippen molar-refractivity contribution in [3.05, 3.63) is 72.9 Å². The van der Waals surface area contributed by atoms with Crippen molar-refractivity contribution in [2.45, 2.75) is 328 Å². The van der Waals surface area contributed by atoms with Gasteiger partial charge in [-0.2, -0.15) is 0 Å². The van der Waals surface area contributed by atoms with Crippen molar-refractivity contribution in [3.63, 3.8) is 0 Å². The van der Waals surface area contributed by atoms with E-state index >= 15 is 0 Å². The lowest BCUT2D eigenvalue weighted by Gasteiger charge is -2.27. The summed E-state index contributed by atoms with van der Waals surface area (Å²) in [6, 6.07) is -0.851. The number of nitrogens with zero attached hydrogens (tertiary/aromatic N) is 1. The molecule has 3 atom stereocenters. The predicted molar refractivity (Wildman–Crippen MR) is 351 cm³/mol. The minimum atomic E-state index is -4.45. The van der Waals surface area contributed by atoms with Crippen LogP contribution in [0.1, 0.15) is 316 Å². The fraction of sp³-hybridized carbons (Fsp3) is 0.803. The van der Waals surface area contributed by atoms with Gasteiger partial charge >= 0.3 is 13.8 Å². The highest BCUT2D eigenvalue weighted by atomic mass is 31.2. The third kappa shape index (κ3) is 61.8. The molecule has 0 fully saturated rings. The number of phosphoric ester groups is 1. The van der Waals surface area contributed by atoms with Crippen LogP contribution in [0.4, 0.5) is 0 Å². The van der Waals surface area contributed by atoms with Gasteiger partial charge in [-0.15, -0.1) is 0 Å². The lowest BCUT2D eigenvalue weighted by molar-refractivity contribution is -0.870. The van der Waals surface area contributed by atoms with Gasteiger partial charge in [0.15, 0.2) is 0 Å². The number of carbonyl (C=O) groups is 2. The van der Waals surface area contributed by atoms with Crippen LogP contribution in [0.5, 0.6) is 0 Å². The van der Waals surface area contributed by atoms with E-state index in [1.54, 1.807) is 0 Å². The van der Waals surface area contributed by atoms with Gasteiger partial charge in [0.05, 0.1) is 33.8 Å². The highest BCUT2D eigenvalue weighted by Gasteiger charge is 2.30. The fourth-order valence-corrected chi connectivity index (χ4v) is 10.6. The molecule has 0 aromatic carbocycles. The van der Waals surface area contributed by atoms with Gasteiger partial charge < -0.3 is 19.4 Å². The molecule has 0 saturated heterocycles. The number of hydrogen-bond acceptors (Lipinski definition) is 6. The Labute approximate surface area is 502 Å². The maximum absolute atomic E-state index is 13.6. The largest absolute Gasteiger partial charge is 0.472 e. The summed E-state index contributed by atoms with van der Waals surface area (Å²) < 4.78 is 30.8. The fourth-order valence-electron chi connectivity index (χ4n) is 9.91. The summed E-state index contributed by atoms with van der Waals surface area (Å²) >= 11 is 0. The van der Waals surface area contributed by atoms with E-state index < -0.39 is 20.0 Å². The highest BCUT2D eigenvalue weighted by molar-refractivity contribution is 7.47. The van der Waals surface area contributed by atoms with Crippen molar-refractivity contribution < 1.29 is 37.3 Å². The first-order valence-corrected chi connectivity index (χ1v) is 35.8. The van der Waals surface area contributed by atoms with Crippen molar-refractivity contribution in [1.29, 1.82) is 0 Å². The van der Waals surface area contributed by atoms with E-state index in [2.05, 4.69) is 86.8 Å². The van der Waals surface area contributed by atoms with E-state index in [1.165, 1.54) is 180 Å². The summed E-state index contributed by atoms with van der Waals surface area (Å²) in [6.45, 7) is 6.93. The van der Waals surface area contributed by atoms with Crippen LogP contribution in [0.15, 0.2) is 72.9 Å². The summed E-state index contributed by atoms with van der Waals surface area (Å²) in [4.78, 5) is 37.9. The van der Waals surface area contributed by atoms with Crippen molar-refractivity contribution in [2.75, 3.05) is 40.9 Å². The van der Waals surface area contributed by atoms with Crippen LogP contribution >= 0.6 is 7.82 Å². The van der Waals surface area contributed by atoms with E-state index in [-0.39, 0.29) is 31.5 Å². The third-order valence-electron chi connectivity index (χ3n) is 15.2. The van der Waals surface area contributed by atoms with E-state index in [4.69, 9.17) is 13.8 Å². The summed E-state index contributed by atoms with van der Waals surface area (Å²) in [7, 11) is 1.50. The lowest BCUT2D eigenvalue weighted by atomic mass is 10.0. The lowest BCUT2D eigenvalue weighted by Crippen LogP contribution is -2.47. The summed E-state index contributed by atoms with van der Waals surface area (Å²) in [6.07, 6.45) is 79.0. The molecule has 0 radical (unpaired) electrons. The van der Waals surface area contributed by atoms with Crippen molar-refractivity contribution >= 4 is 19.7 Å². The topological polar surface area (TPSA) is 111 Å². The average Bonchev–Trinajstić information content (AvgIpc) is 3.44. The number of ether oxygens (including phenoxy) is 1. The maximum atomic E-state index is 13.6. The minimum Gasteiger partial charge on any atom is -0.456 e. The highest BCUT2D eigenvalue weighted by Crippen LogP contribution is 2.43. The Morgan fingerprint density at radius 2 is 0.790 bits per heavy atom. The van der Waals surface area contributed by atoms with Crippen LogP contribution in [0, 0.1) is 0 Å². The number of esters is 1. The molecular formula is C71H132N2O7P+. The first-order chi connectivity index (χ1) is 39.4. The number of unbranched alkanes of at least 4 members (excludes halogenated alkanes) is 36. The summed E-state index contributed by atoms with van der Waals surface area (Å²) in [5.41, 5.74) is 0. The summed E-state index contributed by atoms with van der Waals surface area (Å²) in [5.74, 6) is -0.501. The molecule has 472 valence electrons. The number of amides is 1. The number of quaternary nitrogens is 1. The zero-order chi connectivity index (χ0) is 59.3.